The smallest absolute Gasteiger partial charge is 0.209 e. The van der Waals surface area contributed by atoms with E-state index in [1.807, 2.05) is 0 Å². The number of carboxylic acids is 1. The Kier molecular flexibility index (Phi) is 3.03. The number of thioether (sulfide) groups is 1. The summed E-state index contributed by atoms with van der Waals surface area (Å²) in [6.07, 6.45) is 0.0114. The zero-order valence-electron chi connectivity index (χ0n) is 6.43. The van der Waals surface area contributed by atoms with Crippen LogP contribution in [0.2, 0.25) is 0 Å². The molecule has 0 aliphatic heterocycles. The van der Waals surface area contributed by atoms with Crippen LogP contribution in [0.25, 0.3) is 0 Å². The van der Waals surface area contributed by atoms with Crippen molar-refractivity contribution in [1.29, 1.82) is 0 Å². The Bertz CT molecular complexity index is 274. The number of aromatic nitrogens is 4. The molecule has 0 unspecified atom stereocenters. The van der Waals surface area contributed by atoms with Gasteiger partial charge in [-0.1, -0.05) is 11.8 Å². The summed E-state index contributed by atoms with van der Waals surface area (Å²) in [5, 5.41) is 21.3. The second-order valence-corrected chi connectivity index (χ2v) is 3.12. The van der Waals surface area contributed by atoms with E-state index in [2.05, 4.69) is 15.5 Å². The SMILES string of the molecule is Cn1nnnc1SCCC(=O)[O-]. The van der Waals surface area contributed by atoms with E-state index >= 15 is 0 Å². The van der Waals surface area contributed by atoms with Gasteiger partial charge in [0.05, 0.1) is 0 Å². The normalized spacial score (nSPS) is 10.1. The molecule has 66 valence electrons. The zero-order valence-corrected chi connectivity index (χ0v) is 7.24. The summed E-state index contributed by atoms with van der Waals surface area (Å²) >= 11 is 1.29. The Morgan fingerprint density at radius 1 is 1.75 bits per heavy atom. The highest BCUT2D eigenvalue weighted by atomic mass is 32.2. The number of hydrogen-bond donors (Lipinski definition) is 0. The van der Waals surface area contributed by atoms with E-state index in [1.54, 1.807) is 7.05 Å². The summed E-state index contributed by atoms with van der Waals surface area (Å²) in [6.45, 7) is 0. The lowest BCUT2D eigenvalue weighted by Gasteiger charge is -1.99. The van der Waals surface area contributed by atoms with Crippen LogP contribution in [0.1, 0.15) is 6.42 Å². The van der Waals surface area contributed by atoms with Gasteiger partial charge in [0.25, 0.3) is 0 Å². The van der Waals surface area contributed by atoms with Crippen LogP contribution in [-0.4, -0.2) is 31.9 Å². The fourth-order valence-corrected chi connectivity index (χ4v) is 1.34. The lowest BCUT2D eigenvalue weighted by atomic mass is 10.5. The number of carboxylic acid groups (broad SMARTS) is 1. The molecule has 1 rings (SSSR count). The van der Waals surface area contributed by atoms with Crippen molar-refractivity contribution in [3.8, 4) is 0 Å². The molecule has 1 heterocycles. The molecule has 6 nitrogen and oxygen atoms in total. The van der Waals surface area contributed by atoms with Gasteiger partial charge in [0.15, 0.2) is 0 Å². The first kappa shape index (κ1) is 8.98. The van der Waals surface area contributed by atoms with E-state index in [1.165, 1.54) is 16.4 Å². The Balaban J connectivity index is 2.33. The fraction of sp³-hybridized carbons (Fsp3) is 0.600. The average molecular weight is 187 g/mol. The maximum atomic E-state index is 10.0. The molecule has 0 atom stereocenters. The first-order chi connectivity index (χ1) is 5.70. The van der Waals surface area contributed by atoms with Crippen LogP contribution in [0, 0.1) is 0 Å². The Morgan fingerprint density at radius 2 is 2.50 bits per heavy atom. The predicted octanol–water partition coefficient (Wildman–Crippen LogP) is -1.56. The second kappa shape index (κ2) is 4.05. The quantitative estimate of drug-likeness (QED) is 0.530. The molecule has 7 heteroatoms. The molecule has 0 spiro atoms. The third kappa shape index (κ3) is 2.50. The summed E-state index contributed by atoms with van der Waals surface area (Å²) < 4.78 is 1.49. The van der Waals surface area contributed by atoms with E-state index in [-0.39, 0.29) is 6.42 Å². The van der Waals surface area contributed by atoms with E-state index in [0.29, 0.717) is 10.9 Å². The van der Waals surface area contributed by atoms with Gasteiger partial charge in [-0.05, 0) is 16.8 Å². The Morgan fingerprint density at radius 3 is 3.00 bits per heavy atom. The first-order valence-corrected chi connectivity index (χ1v) is 4.23. The Labute approximate surface area is 73.0 Å². The first-order valence-electron chi connectivity index (χ1n) is 3.25. The van der Waals surface area contributed by atoms with Crippen LogP contribution < -0.4 is 5.11 Å². The zero-order chi connectivity index (χ0) is 8.97. The molecule has 0 aliphatic rings. The predicted molar refractivity (Wildman–Crippen MR) is 39.1 cm³/mol. The molecule has 0 radical (unpaired) electrons. The molecule has 0 aromatic carbocycles. The van der Waals surface area contributed by atoms with Crippen molar-refractivity contribution in [2.75, 3.05) is 5.75 Å². The van der Waals surface area contributed by atoms with Crippen molar-refractivity contribution in [3.05, 3.63) is 0 Å². The molecule has 12 heavy (non-hydrogen) atoms. The number of aliphatic carboxylic acids is 1. The van der Waals surface area contributed by atoms with Crippen molar-refractivity contribution in [2.24, 2.45) is 7.05 Å². The van der Waals surface area contributed by atoms with Gasteiger partial charge in [-0.15, -0.1) is 5.10 Å². The van der Waals surface area contributed by atoms with Crippen LogP contribution >= 0.6 is 11.8 Å². The Hall–Kier alpha value is -1.11. The van der Waals surface area contributed by atoms with Crippen LogP contribution in [0.3, 0.4) is 0 Å². The summed E-state index contributed by atoms with van der Waals surface area (Å²) in [7, 11) is 1.70. The number of carbonyl (C=O) groups excluding carboxylic acids is 1. The number of aryl methyl sites for hydroxylation is 1. The van der Waals surface area contributed by atoms with E-state index < -0.39 is 5.97 Å². The highest BCUT2D eigenvalue weighted by molar-refractivity contribution is 7.99. The summed E-state index contributed by atoms with van der Waals surface area (Å²) in [5.41, 5.74) is 0. The largest absolute Gasteiger partial charge is 0.550 e. The molecule has 0 fully saturated rings. The van der Waals surface area contributed by atoms with Gasteiger partial charge in [0.1, 0.15) is 0 Å². The fourth-order valence-electron chi connectivity index (χ4n) is 0.569. The number of tetrazole rings is 1. The second-order valence-electron chi connectivity index (χ2n) is 2.06. The molecule has 0 aliphatic carbocycles. The van der Waals surface area contributed by atoms with Gasteiger partial charge in [-0.2, -0.15) is 0 Å². The highest BCUT2D eigenvalue weighted by Gasteiger charge is 2.01. The molecule has 0 bridgehead atoms. The van der Waals surface area contributed by atoms with Crippen molar-refractivity contribution in [3.63, 3.8) is 0 Å². The topological polar surface area (TPSA) is 83.7 Å². The molecule has 0 saturated heterocycles. The van der Waals surface area contributed by atoms with Gasteiger partial charge < -0.3 is 9.90 Å². The molecular formula is C5H7N4O2S-. The standard InChI is InChI=1S/C5H8N4O2S/c1-9-5(6-7-8-9)12-3-2-4(10)11/h2-3H2,1H3,(H,10,11)/p-1. The molecule has 1 aromatic heterocycles. The van der Waals surface area contributed by atoms with Crippen LogP contribution in [0.4, 0.5) is 0 Å². The number of hydrogen-bond acceptors (Lipinski definition) is 6. The van der Waals surface area contributed by atoms with Crippen molar-refractivity contribution < 1.29 is 9.90 Å². The molecular weight excluding hydrogens is 180 g/mol. The lowest BCUT2D eigenvalue weighted by molar-refractivity contribution is -0.305. The minimum absolute atomic E-state index is 0.0114. The number of rotatable bonds is 4. The number of carbonyl (C=O) groups is 1. The summed E-state index contributed by atoms with van der Waals surface area (Å²) in [6, 6.07) is 0. The van der Waals surface area contributed by atoms with E-state index in [4.69, 9.17) is 0 Å². The van der Waals surface area contributed by atoms with Gasteiger partial charge >= 0.3 is 0 Å². The third-order valence-corrected chi connectivity index (χ3v) is 2.13. The third-order valence-electron chi connectivity index (χ3n) is 1.12. The molecule has 1 aromatic rings. The van der Waals surface area contributed by atoms with Gasteiger partial charge in [-0.3, -0.25) is 0 Å². The van der Waals surface area contributed by atoms with Crippen molar-refractivity contribution in [2.45, 2.75) is 11.6 Å². The highest BCUT2D eigenvalue weighted by Crippen LogP contribution is 2.12. The van der Waals surface area contributed by atoms with Gasteiger partial charge in [0, 0.05) is 18.8 Å². The van der Waals surface area contributed by atoms with E-state index in [0.717, 1.165) is 0 Å². The summed E-state index contributed by atoms with van der Waals surface area (Å²) in [5.74, 6) is -0.631. The summed E-state index contributed by atoms with van der Waals surface area (Å²) in [4.78, 5) is 10.0. The van der Waals surface area contributed by atoms with Crippen LogP contribution in [0.5, 0.6) is 0 Å². The van der Waals surface area contributed by atoms with Crippen molar-refractivity contribution >= 4 is 17.7 Å². The molecule has 0 amide bonds. The molecule has 0 saturated carbocycles. The van der Waals surface area contributed by atoms with Gasteiger partial charge in [0.2, 0.25) is 5.16 Å². The minimum Gasteiger partial charge on any atom is -0.550 e. The van der Waals surface area contributed by atoms with Crippen LogP contribution in [0.15, 0.2) is 5.16 Å². The number of nitrogens with zero attached hydrogens (tertiary/aromatic N) is 4. The molecule has 0 N–H and O–H groups in total. The lowest BCUT2D eigenvalue weighted by Crippen LogP contribution is -2.22. The minimum atomic E-state index is -1.06. The van der Waals surface area contributed by atoms with Gasteiger partial charge in [-0.25, -0.2) is 4.68 Å². The maximum absolute atomic E-state index is 10.0. The van der Waals surface area contributed by atoms with Crippen molar-refractivity contribution in [1.82, 2.24) is 20.2 Å². The average Bonchev–Trinajstić information content (AvgIpc) is 2.36. The maximum Gasteiger partial charge on any atom is 0.209 e. The van der Waals surface area contributed by atoms with E-state index in [9.17, 15) is 9.90 Å². The monoisotopic (exact) mass is 187 g/mol. The van der Waals surface area contributed by atoms with Crippen LogP contribution in [-0.2, 0) is 11.8 Å².